The number of hydrogen-bond acceptors (Lipinski definition) is 9. The van der Waals surface area contributed by atoms with Gasteiger partial charge in [0.1, 0.15) is 31.0 Å². The molecule has 4 aromatic rings. The Morgan fingerprint density at radius 1 is 0.800 bits per heavy atom. The molecule has 6 atom stereocenters. The monoisotopic (exact) mass is 752 g/mol. The topological polar surface area (TPSA) is 178 Å². The molecule has 1 aliphatic rings. The summed E-state index contributed by atoms with van der Waals surface area (Å²) in [5.41, 5.74) is 3.31. The molecule has 3 amide bonds. The van der Waals surface area contributed by atoms with E-state index in [0.29, 0.717) is 12.2 Å². The number of amides is 3. The fourth-order valence-corrected chi connectivity index (χ4v) is 6.64. The van der Waals surface area contributed by atoms with E-state index in [1.165, 1.54) is 0 Å². The summed E-state index contributed by atoms with van der Waals surface area (Å²) in [6.45, 7) is 5.62. The maximum Gasteiger partial charge on any atom is 0.408 e. The van der Waals surface area contributed by atoms with Crippen LogP contribution >= 0.6 is 0 Å². The Labute approximate surface area is 322 Å². The summed E-state index contributed by atoms with van der Waals surface area (Å²) in [7, 11) is 0. The Kier molecular flexibility index (Phi) is 14.4. The van der Waals surface area contributed by atoms with Crippen LogP contribution in [0, 0.1) is 5.41 Å². The van der Waals surface area contributed by atoms with Crippen molar-refractivity contribution < 1.29 is 39.2 Å². The summed E-state index contributed by atoms with van der Waals surface area (Å²) < 4.78 is 10.9. The summed E-state index contributed by atoms with van der Waals surface area (Å²) >= 11 is 0. The van der Waals surface area contributed by atoms with Crippen LogP contribution in [0.3, 0.4) is 0 Å². The molecule has 292 valence electrons. The predicted molar refractivity (Wildman–Crippen MR) is 208 cm³/mol. The average molecular weight is 753 g/mol. The number of carbonyl (C=O) groups is 3. The molecule has 4 aromatic carbocycles. The Bertz CT molecular complexity index is 1840. The van der Waals surface area contributed by atoms with E-state index in [4.69, 9.17) is 14.6 Å². The molecule has 0 saturated carbocycles. The summed E-state index contributed by atoms with van der Waals surface area (Å²) in [4.78, 5) is 41.4. The standard InChI is InChI=1S/C43H52N4O8/c1-43(2,3)39(47-42(53)55-27-30-14-8-5-9-15-30)41(52)45-34(24-28-12-6-4-7-13-28)38(50)37(44-26-29-18-20-32(21-19-29)54-23-22-48)40(51)46-36-33-17-11-10-16-31(33)25-35(36)49/h4-21,34-39,44,48-50H,22-27H2,1-3H3,(H,45,52)(H,46,51)(H,47,53)/t34?,35?,36?,37?,38?,39-/m1/s1. The van der Waals surface area contributed by atoms with E-state index in [1.54, 1.807) is 45.0 Å². The minimum atomic E-state index is -1.49. The van der Waals surface area contributed by atoms with Crippen molar-refractivity contribution in [2.24, 2.45) is 5.41 Å². The highest BCUT2D eigenvalue weighted by molar-refractivity contribution is 5.87. The minimum absolute atomic E-state index is 0.0154. The Morgan fingerprint density at radius 3 is 2.09 bits per heavy atom. The molecule has 5 rings (SSSR count). The molecule has 0 fully saturated rings. The van der Waals surface area contributed by atoms with Crippen LogP contribution in [-0.2, 0) is 40.3 Å². The molecule has 7 N–H and O–H groups in total. The zero-order chi connectivity index (χ0) is 39.4. The van der Waals surface area contributed by atoms with Crippen LogP contribution in [0.2, 0.25) is 0 Å². The molecule has 0 bridgehead atoms. The van der Waals surface area contributed by atoms with E-state index in [9.17, 15) is 24.6 Å². The van der Waals surface area contributed by atoms with E-state index in [-0.39, 0.29) is 32.8 Å². The first kappa shape index (κ1) is 40.9. The smallest absolute Gasteiger partial charge is 0.408 e. The SMILES string of the molecule is CC(C)(C)[C@H](NC(=O)OCc1ccccc1)C(=O)NC(Cc1ccccc1)C(O)C(NCc1ccc(OCCO)cc1)C(=O)NC1c2ccccc2CC1O. The van der Waals surface area contributed by atoms with Gasteiger partial charge in [-0.2, -0.15) is 0 Å². The Hall–Kier alpha value is -5.27. The molecule has 0 heterocycles. The van der Waals surface area contributed by atoms with Gasteiger partial charge in [-0.25, -0.2) is 4.79 Å². The van der Waals surface area contributed by atoms with Gasteiger partial charge in [-0.1, -0.05) is 118 Å². The van der Waals surface area contributed by atoms with E-state index >= 15 is 0 Å². The number of alkyl carbamates (subject to hydrolysis) is 1. The van der Waals surface area contributed by atoms with Crippen LogP contribution in [0.25, 0.3) is 0 Å². The largest absolute Gasteiger partial charge is 0.491 e. The number of hydrogen-bond donors (Lipinski definition) is 7. The Morgan fingerprint density at radius 2 is 1.44 bits per heavy atom. The van der Waals surface area contributed by atoms with Gasteiger partial charge >= 0.3 is 6.09 Å². The second kappa shape index (κ2) is 19.4. The fourth-order valence-electron chi connectivity index (χ4n) is 6.64. The van der Waals surface area contributed by atoms with E-state index in [0.717, 1.165) is 27.8 Å². The third-order valence-corrected chi connectivity index (χ3v) is 9.58. The zero-order valence-corrected chi connectivity index (χ0v) is 31.5. The molecule has 0 radical (unpaired) electrons. The maximum atomic E-state index is 14.3. The highest BCUT2D eigenvalue weighted by Gasteiger charge is 2.40. The minimum Gasteiger partial charge on any atom is -0.491 e. The lowest BCUT2D eigenvalue weighted by Gasteiger charge is -2.35. The predicted octanol–water partition coefficient (Wildman–Crippen LogP) is 3.72. The zero-order valence-electron chi connectivity index (χ0n) is 31.5. The normalized spacial score (nSPS) is 17.2. The van der Waals surface area contributed by atoms with Crippen LogP contribution in [0.15, 0.2) is 109 Å². The van der Waals surface area contributed by atoms with Gasteiger partial charge in [0.15, 0.2) is 0 Å². The molecule has 12 heteroatoms. The number of benzene rings is 4. The lowest BCUT2D eigenvalue weighted by Crippen LogP contribution is -2.62. The number of ether oxygens (including phenoxy) is 2. The third-order valence-electron chi connectivity index (χ3n) is 9.58. The summed E-state index contributed by atoms with van der Waals surface area (Å²) in [5, 5.41) is 44.2. The lowest BCUT2D eigenvalue weighted by atomic mass is 9.85. The number of carbonyl (C=O) groups excluding carboxylic acids is 3. The third kappa shape index (κ3) is 11.6. The first-order valence-corrected chi connectivity index (χ1v) is 18.5. The van der Waals surface area contributed by atoms with Crippen molar-refractivity contribution in [3.8, 4) is 5.75 Å². The van der Waals surface area contributed by atoms with Gasteiger partial charge in [0.25, 0.3) is 0 Å². The van der Waals surface area contributed by atoms with Crippen molar-refractivity contribution in [2.75, 3.05) is 13.2 Å². The second-order valence-corrected chi connectivity index (χ2v) is 14.8. The highest BCUT2D eigenvalue weighted by Crippen LogP contribution is 2.31. The molecule has 0 aliphatic heterocycles. The molecule has 12 nitrogen and oxygen atoms in total. The van der Waals surface area contributed by atoms with E-state index in [1.807, 2.05) is 84.9 Å². The number of fused-ring (bicyclic) bond motifs is 1. The molecule has 5 unspecified atom stereocenters. The molecular weight excluding hydrogens is 700 g/mol. The number of aliphatic hydroxyl groups is 3. The van der Waals surface area contributed by atoms with Gasteiger partial charge < -0.3 is 40.7 Å². The molecular formula is C43H52N4O8. The lowest BCUT2D eigenvalue weighted by molar-refractivity contribution is -0.131. The van der Waals surface area contributed by atoms with Crippen molar-refractivity contribution in [3.63, 3.8) is 0 Å². The van der Waals surface area contributed by atoms with Gasteiger partial charge in [0, 0.05) is 13.0 Å². The summed E-state index contributed by atoms with van der Waals surface area (Å²) in [5.74, 6) is -0.571. The first-order valence-electron chi connectivity index (χ1n) is 18.5. The average Bonchev–Trinajstić information content (AvgIpc) is 3.49. The van der Waals surface area contributed by atoms with Crippen molar-refractivity contribution >= 4 is 17.9 Å². The quantitative estimate of drug-likeness (QED) is 0.0847. The maximum absolute atomic E-state index is 14.3. The molecule has 1 aliphatic carbocycles. The van der Waals surface area contributed by atoms with Crippen LogP contribution in [0.1, 0.15) is 54.6 Å². The van der Waals surface area contributed by atoms with Crippen molar-refractivity contribution in [1.82, 2.24) is 21.3 Å². The first-order chi connectivity index (χ1) is 26.4. The number of aliphatic hydroxyl groups excluding tert-OH is 3. The molecule has 0 saturated heterocycles. The van der Waals surface area contributed by atoms with E-state index in [2.05, 4.69) is 21.3 Å². The van der Waals surface area contributed by atoms with Crippen LogP contribution in [0.5, 0.6) is 5.75 Å². The summed E-state index contributed by atoms with van der Waals surface area (Å²) in [6, 6.07) is 29.0. The second-order valence-electron chi connectivity index (χ2n) is 14.8. The van der Waals surface area contributed by atoms with Crippen LogP contribution in [-0.4, -0.2) is 76.8 Å². The Balaban J connectivity index is 1.40. The van der Waals surface area contributed by atoms with Gasteiger partial charge in [-0.05, 0) is 51.8 Å². The van der Waals surface area contributed by atoms with E-state index < -0.39 is 59.7 Å². The fraction of sp³-hybridized carbons (Fsp3) is 0.372. The van der Waals surface area contributed by atoms with Gasteiger partial charge in [0.05, 0.1) is 30.9 Å². The van der Waals surface area contributed by atoms with Crippen molar-refractivity contribution in [2.45, 2.75) is 83.1 Å². The van der Waals surface area contributed by atoms with Gasteiger partial charge in [-0.15, -0.1) is 0 Å². The highest BCUT2D eigenvalue weighted by atomic mass is 16.5. The number of nitrogens with one attached hydrogen (secondary N) is 4. The van der Waals surface area contributed by atoms with Crippen LogP contribution < -0.4 is 26.0 Å². The van der Waals surface area contributed by atoms with Gasteiger partial charge in [0.2, 0.25) is 11.8 Å². The van der Waals surface area contributed by atoms with Crippen LogP contribution in [0.4, 0.5) is 4.79 Å². The van der Waals surface area contributed by atoms with Crippen molar-refractivity contribution in [1.29, 1.82) is 0 Å². The van der Waals surface area contributed by atoms with Crippen molar-refractivity contribution in [3.05, 3.63) is 137 Å². The molecule has 0 spiro atoms. The number of rotatable bonds is 17. The molecule has 55 heavy (non-hydrogen) atoms. The van der Waals surface area contributed by atoms with Gasteiger partial charge in [-0.3, -0.25) is 14.9 Å². The molecule has 0 aromatic heterocycles. The summed E-state index contributed by atoms with van der Waals surface area (Å²) in [6.07, 6.45) is -2.61.